The summed E-state index contributed by atoms with van der Waals surface area (Å²) in [5.74, 6) is -1.41. The van der Waals surface area contributed by atoms with Crippen LogP contribution in [0.1, 0.15) is 37.8 Å². The molecule has 5 nitrogen and oxygen atoms in total. The predicted octanol–water partition coefficient (Wildman–Crippen LogP) is 4.70. The molecule has 1 aliphatic rings. The van der Waals surface area contributed by atoms with E-state index in [2.05, 4.69) is 10.2 Å². The highest BCUT2D eigenvalue weighted by Crippen LogP contribution is 2.22. The molecule has 1 saturated heterocycles. The van der Waals surface area contributed by atoms with Crippen molar-refractivity contribution < 1.29 is 22.7 Å². The van der Waals surface area contributed by atoms with Gasteiger partial charge < -0.3 is 19.9 Å². The maximum Gasteiger partial charge on any atom is 0.318 e. The Labute approximate surface area is 187 Å². The zero-order valence-corrected chi connectivity index (χ0v) is 18.7. The lowest BCUT2D eigenvalue weighted by Gasteiger charge is -2.37. The lowest BCUT2D eigenvalue weighted by Crippen LogP contribution is -2.49. The van der Waals surface area contributed by atoms with Crippen molar-refractivity contribution in [2.24, 2.45) is 0 Å². The lowest BCUT2D eigenvalue weighted by atomic mass is 10.0. The van der Waals surface area contributed by atoms with Gasteiger partial charge in [-0.1, -0.05) is 12.1 Å². The van der Waals surface area contributed by atoms with Crippen molar-refractivity contribution >= 4 is 6.03 Å². The summed E-state index contributed by atoms with van der Waals surface area (Å²) in [5, 5.41) is 2.76. The zero-order chi connectivity index (χ0) is 23.3. The number of halogens is 3. The topological polar surface area (TPSA) is 44.8 Å². The third-order valence-electron chi connectivity index (χ3n) is 5.57. The minimum Gasteiger partial charge on any atom is -0.491 e. The number of amides is 2. The number of piperidine rings is 1. The van der Waals surface area contributed by atoms with Gasteiger partial charge in [-0.2, -0.15) is 0 Å². The third kappa shape index (κ3) is 6.38. The van der Waals surface area contributed by atoms with Gasteiger partial charge >= 0.3 is 6.03 Å². The van der Waals surface area contributed by atoms with Crippen LogP contribution in [0.4, 0.5) is 18.0 Å². The van der Waals surface area contributed by atoms with Crippen LogP contribution in [0.25, 0.3) is 0 Å². The van der Waals surface area contributed by atoms with E-state index in [0.29, 0.717) is 11.3 Å². The van der Waals surface area contributed by atoms with Gasteiger partial charge in [-0.05, 0) is 59.0 Å². The molecule has 0 aromatic heterocycles. The molecule has 1 aliphatic heterocycles. The zero-order valence-electron chi connectivity index (χ0n) is 18.7. The van der Waals surface area contributed by atoms with Crippen molar-refractivity contribution in [1.29, 1.82) is 0 Å². The van der Waals surface area contributed by atoms with Crippen molar-refractivity contribution in [3.63, 3.8) is 0 Å². The van der Waals surface area contributed by atoms with Crippen LogP contribution >= 0.6 is 0 Å². The Morgan fingerprint density at radius 3 is 2.38 bits per heavy atom. The molecule has 8 heteroatoms. The fourth-order valence-electron chi connectivity index (χ4n) is 3.80. The monoisotopic (exact) mass is 449 g/mol. The highest BCUT2D eigenvalue weighted by molar-refractivity contribution is 5.74. The molecule has 0 radical (unpaired) electrons. The predicted molar refractivity (Wildman–Crippen MR) is 117 cm³/mol. The summed E-state index contributed by atoms with van der Waals surface area (Å²) in [4.78, 5) is 16.8. The molecule has 1 heterocycles. The largest absolute Gasteiger partial charge is 0.491 e. The lowest BCUT2D eigenvalue weighted by molar-refractivity contribution is 0.126. The van der Waals surface area contributed by atoms with Crippen LogP contribution < -0.4 is 10.1 Å². The van der Waals surface area contributed by atoms with E-state index in [9.17, 15) is 18.0 Å². The molecule has 0 bridgehead atoms. The van der Waals surface area contributed by atoms with Crippen LogP contribution in [0.3, 0.4) is 0 Å². The summed E-state index contributed by atoms with van der Waals surface area (Å²) < 4.78 is 47.5. The van der Waals surface area contributed by atoms with Gasteiger partial charge in [0.2, 0.25) is 0 Å². The molecule has 0 saturated carbocycles. The Morgan fingerprint density at radius 2 is 1.75 bits per heavy atom. The van der Waals surface area contributed by atoms with Crippen LogP contribution in [0, 0.1) is 17.5 Å². The molecule has 2 aromatic rings. The van der Waals surface area contributed by atoms with Gasteiger partial charge in [-0.25, -0.2) is 18.0 Å². The Kier molecular flexibility index (Phi) is 8.01. The molecule has 174 valence electrons. The van der Waals surface area contributed by atoms with Crippen LogP contribution in [0.2, 0.25) is 0 Å². The Hall–Kier alpha value is -2.74. The minimum atomic E-state index is -0.692. The summed E-state index contributed by atoms with van der Waals surface area (Å²) in [5.41, 5.74) is 0.563. The first-order valence-electron chi connectivity index (χ1n) is 10.8. The van der Waals surface area contributed by atoms with Gasteiger partial charge in [-0.15, -0.1) is 0 Å². The minimum absolute atomic E-state index is 0.00990. The van der Waals surface area contributed by atoms with E-state index in [0.717, 1.165) is 32.0 Å². The number of nitrogens with one attached hydrogen (secondary N) is 1. The van der Waals surface area contributed by atoms with Gasteiger partial charge in [0.25, 0.3) is 0 Å². The second kappa shape index (κ2) is 10.7. The second-order valence-electron chi connectivity index (χ2n) is 8.48. The number of rotatable bonds is 7. The summed E-state index contributed by atoms with van der Waals surface area (Å²) >= 11 is 0. The molecule has 2 aromatic carbocycles. The maximum absolute atomic E-state index is 14.5. The number of likely N-dealkylation sites (tertiary alicyclic amines) is 1. The van der Waals surface area contributed by atoms with Crippen LogP contribution in [-0.4, -0.2) is 48.1 Å². The summed E-state index contributed by atoms with van der Waals surface area (Å²) in [6, 6.07) is 7.37. The van der Waals surface area contributed by atoms with E-state index in [1.165, 1.54) is 18.2 Å². The van der Waals surface area contributed by atoms with Crippen molar-refractivity contribution in [2.45, 2.75) is 51.9 Å². The smallest absolute Gasteiger partial charge is 0.318 e. The Bertz CT molecular complexity index is 931. The van der Waals surface area contributed by atoms with E-state index in [-0.39, 0.29) is 30.8 Å². The highest BCUT2D eigenvalue weighted by Gasteiger charge is 2.28. The molecule has 0 atom stereocenters. The van der Waals surface area contributed by atoms with E-state index < -0.39 is 23.5 Å². The summed E-state index contributed by atoms with van der Waals surface area (Å²) in [7, 11) is 2.01. The molecule has 3 rings (SSSR count). The number of urea groups is 1. The van der Waals surface area contributed by atoms with Gasteiger partial charge in [-0.3, -0.25) is 0 Å². The molecule has 0 unspecified atom stereocenters. The second-order valence-corrected chi connectivity index (χ2v) is 8.48. The first kappa shape index (κ1) is 23.9. The van der Waals surface area contributed by atoms with Crippen molar-refractivity contribution in [3.8, 4) is 5.75 Å². The third-order valence-corrected chi connectivity index (χ3v) is 5.57. The molecule has 0 aliphatic carbocycles. The van der Waals surface area contributed by atoms with E-state index >= 15 is 0 Å². The van der Waals surface area contributed by atoms with Gasteiger partial charge in [0, 0.05) is 35.8 Å². The molecule has 2 amide bonds. The SMILES string of the molecule is CC(C)Oc1ccc(CNC(=O)N(Cc2ccc(F)cc2F)C2CCN(C)CC2)c(F)c1. The highest BCUT2D eigenvalue weighted by atomic mass is 19.1. The molecular weight excluding hydrogens is 419 g/mol. The standard InChI is InChI=1S/C24H30F3N3O2/c1-16(2)32-21-7-5-17(23(27)13-21)14-28-24(31)30(20-8-10-29(3)11-9-20)15-18-4-6-19(25)12-22(18)26/h4-7,12-13,16,20H,8-11,14-15H2,1-3H3,(H,28,31). The van der Waals surface area contributed by atoms with Crippen molar-refractivity contribution in [3.05, 3.63) is 65.0 Å². The van der Waals surface area contributed by atoms with Crippen molar-refractivity contribution in [2.75, 3.05) is 20.1 Å². The number of benzene rings is 2. The summed E-state index contributed by atoms with van der Waals surface area (Å²) in [6.45, 7) is 5.33. The Morgan fingerprint density at radius 1 is 1.09 bits per heavy atom. The Balaban J connectivity index is 1.72. The average molecular weight is 450 g/mol. The van der Waals surface area contributed by atoms with E-state index in [1.54, 1.807) is 17.0 Å². The van der Waals surface area contributed by atoms with Crippen molar-refractivity contribution in [1.82, 2.24) is 15.1 Å². The number of nitrogens with zero attached hydrogens (tertiary/aromatic N) is 2. The fraction of sp³-hybridized carbons (Fsp3) is 0.458. The van der Waals surface area contributed by atoms with Gasteiger partial charge in [0.05, 0.1) is 12.6 Å². The fourth-order valence-corrected chi connectivity index (χ4v) is 3.80. The van der Waals surface area contributed by atoms with E-state index in [1.807, 2.05) is 20.9 Å². The van der Waals surface area contributed by atoms with E-state index in [4.69, 9.17) is 4.74 Å². The first-order valence-corrected chi connectivity index (χ1v) is 10.8. The van der Waals surface area contributed by atoms with Crippen LogP contribution in [0.15, 0.2) is 36.4 Å². The molecule has 1 fully saturated rings. The molecule has 0 spiro atoms. The van der Waals surface area contributed by atoms with Gasteiger partial charge in [0.1, 0.15) is 23.2 Å². The summed E-state index contributed by atoms with van der Waals surface area (Å²) in [6.07, 6.45) is 1.40. The van der Waals surface area contributed by atoms with Crippen LogP contribution in [0.5, 0.6) is 5.75 Å². The maximum atomic E-state index is 14.5. The quantitative estimate of drug-likeness (QED) is 0.667. The first-order chi connectivity index (χ1) is 15.2. The average Bonchev–Trinajstić information content (AvgIpc) is 2.73. The number of ether oxygens (including phenoxy) is 1. The number of carbonyl (C=O) groups excluding carboxylic acids is 1. The van der Waals surface area contributed by atoms with Crippen LogP contribution in [-0.2, 0) is 13.1 Å². The molecular formula is C24H30F3N3O2. The number of carbonyl (C=O) groups is 1. The molecule has 1 N–H and O–H groups in total. The normalized spacial score (nSPS) is 15.1. The van der Waals surface area contributed by atoms with Gasteiger partial charge in [0.15, 0.2) is 0 Å². The number of hydrogen-bond acceptors (Lipinski definition) is 3. The number of hydrogen-bond donors (Lipinski definition) is 1. The molecule has 32 heavy (non-hydrogen) atoms.